The van der Waals surface area contributed by atoms with Crippen LogP contribution in [-0.2, 0) is 16.0 Å². The Kier molecular flexibility index (Phi) is 3.38. The van der Waals surface area contributed by atoms with Gasteiger partial charge in [-0.2, -0.15) is 0 Å². The molecule has 3 rings (SSSR count). The fourth-order valence-electron chi connectivity index (χ4n) is 3.48. The number of fused-ring (bicyclic) bond motifs is 1. The van der Waals surface area contributed by atoms with Gasteiger partial charge >= 0.3 is 0 Å². The second kappa shape index (κ2) is 5.06. The van der Waals surface area contributed by atoms with E-state index < -0.39 is 0 Å². The van der Waals surface area contributed by atoms with Crippen molar-refractivity contribution in [3.63, 3.8) is 0 Å². The normalized spacial score (nSPS) is 26.1. The highest BCUT2D eigenvalue weighted by Gasteiger charge is 2.41. The Morgan fingerprint density at radius 2 is 2.00 bits per heavy atom. The maximum absolute atomic E-state index is 12.6. The molecular weight excluding hydrogens is 250 g/mol. The van der Waals surface area contributed by atoms with Crippen molar-refractivity contribution in [3.05, 3.63) is 46.5 Å². The van der Waals surface area contributed by atoms with Crippen LogP contribution < -0.4 is 0 Å². The maximum Gasteiger partial charge on any atom is 0.252 e. The lowest BCUT2D eigenvalue weighted by Crippen LogP contribution is -2.41. The predicted molar refractivity (Wildman–Crippen MR) is 78.1 cm³/mol. The molecular formula is C17H21NO2. The Hall–Kier alpha value is -1.61. The van der Waals surface area contributed by atoms with Gasteiger partial charge in [-0.25, -0.2) is 0 Å². The first-order chi connectivity index (χ1) is 9.65. The lowest BCUT2D eigenvalue weighted by molar-refractivity contribution is -0.138. The zero-order chi connectivity index (χ0) is 14.3. The molecule has 0 spiro atoms. The van der Waals surface area contributed by atoms with Gasteiger partial charge in [0.05, 0.1) is 6.04 Å². The summed E-state index contributed by atoms with van der Waals surface area (Å²) in [4.78, 5) is 14.5. The summed E-state index contributed by atoms with van der Waals surface area (Å²) in [6.07, 6.45) is 3.04. The first-order valence-electron chi connectivity index (χ1n) is 7.25. The molecule has 1 aliphatic heterocycles. The molecule has 1 aliphatic carbocycles. The fourth-order valence-corrected chi connectivity index (χ4v) is 3.48. The first-order valence-corrected chi connectivity index (χ1v) is 7.25. The number of benzene rings is 1. The van der Waals surface area contributed by atoms with Gasteiger partial charge < -0.3 is 9.64 Å². The van der Waals surface area contributed by atoms with Crippen LogP contribution in [0.25, 0.3) is 0 Å². The van der Waals surface area contributed by atoms with Crippen LogP contribution in [-0.4, -0.2) is 24.1 Å². The van der Waals surface area contributed by atoms with Gasteiger partial charge in [0.1, 0.15) is 0 Å². The SMILES string of the molecule is CO[C@H]1C(C)=C(C)C(=O)N1[C@@H]1CCCc2ccccc21. The van der Waals surface area contributed by atoms with Crippen molar-refractivity contribution >= 4 is 5.91 Å². The van der Waals surface area contributed by atoms with Gasteiger partial charge in [0.2, 0.25) is 0 Å². The Balaban J connectivity index is 2.01. The number of hydrogen-bond donors (Lipinski definition) is 0. The van der Waals surface area contributed by atoms with E-state index >= 15 is 0 Å². The van der Waals surface area contributed by atoms with E-state index in [0.717, 1.165) is 30.4 Å². The third kappa shape index (κ3) is 1.88. The van der Waals surface area contributed by atoms with Crippen molar-refractivity contribution in [1.29, 1.82) is 0 Å². The summed E-state index contributed by atoms with van der Waals surface area (Å²) in [5, 5.41) is 0. The molecule has 1 aromatic rings. The Morgan fingerprint density at radius 3 is 2.75 bits per heavy atom. The molecule has 106 valence electrons. The summed E-state index contributed by atoms with van der Waals surface area (Å²) in [5.41, 5.74) is 4.53. The number of rotatable bonds is 2. The van der Waals surface area contributed by atoms with E-state index in [1.165, 1.54) is 11.1 Å². The molecule has 0 saturated heterocycles. The highest BCUT2D eigenvalue weighted by Crippen LogP contribution is 2.40. The third-order valence-corrected chi connectivity index (χ3v) is 4.67. The quantitative estimate of drug-likeness (QED) is 0.826. The topological polar surface area (TPSA) is 29.5 Å². The van der Waals surface area contributed by atoms with E-state index in [9.17, 15) is 4.79 Å². The molecule has 2 atom stereocenters. The maximum atomic E-state index is 12.6. The van der Waals surface area contributed by atoms with Gasteiger partial charge in [-0.1, -0.05) is 24.3 Å². The highest BCUT2D eigenvalue weighted by atomic mass is 16.5. The van der Waals surface area contributed by atoms with Crippen molar-refractivity contribution in [2.75, 3.05) is 7.11 Å². The minimum Gasteiger partial charge on any atom is -0.357 e. The number of amides is 1. The third-order valence-electron chi connectivity index (χ3n) is 4.67. The van der Waals surface area contributed by atoms with Crippen LogP contribution in [0.1, 0.15) is 43.9 Å². The van der Waals surface area contributed by atoms with Crippen molar-refractivity contribution in [2.45, 2.75) is 45.4 Å². The lowest BCUT2D eigenvalue weighted by atomic mass is 9.86. The largest absolute Gasteiger partial charge is 0.357 e. The van der Waals surface area contributed by atoms with Gasteiger partial charge in [0.15, 0.2) is 6.23 Å². The molecule has 20 heavy (non-hydrogen) atoms. The fraction of sp³-hybridized carbons (Fsp3) is 0.471. The molecule has 3 heteroatoms. The molecule has 1 heterocycles. The number of methoxy groups -OCH3 is 1. The van der Waals surface area contributed by atoms with Gasteiger partial charge in [-0.3, -0.25) is 4.79 Å². The zero-order valence-electron chi connectivity index (χ0n) is 12.3. The van der Waals surface area contributed by atoms with Crippen LogP contribution in [0, 0.1) is 0 Å². The van der Waals surface area contributed by atoms with Gasteiger partial charge in [-0.15, -0.1) is 0 Å². The number of nitrogens with zero attached hydrogens (tertiary/aromatic N) is 1. The average Bonchev–Trinajstić information content (AvgIpc) is 2.70. The van der Waals surface area contributed by atoms with Crippen LogP contribution in [0.5, 0.6) is 0 Å². The smallest absolute Gasteiger partial charge is 0.252 e. The molecule has 0 aromatic heterocycles. The molecule has 0 bridgehead atoms. The molecule has 1 aromatic carbocycles. The minimum atomic E-state index is -0.210. The molecule has 0 fully saturated rings. The van der Waals surface area contributed by atoms with Crippen LogP contribution in [0.2, 0.25) is 0 Å². The minimum absolute atomic E-state index is 0.121. The van der Waals surface area contributed by atoms with E-state index in [2.05, 4.69) is 24.3 Å². The van der Waals surface area contributed by atoms with Crippen molar-refractivity contribution in [1.82, 2.24) is 4.90 Å². The summed E-state index contributed by atoms with van der Waals surface area (Å²) in [5.74, 6) is 0.121. The van der Waals surface area contributed by atoms with E-state index in [0.29, 0.717) is 0 Å². The first kappa shape index (κ1) is 13.4. The number of aryl methyl sites for hydroxylation is 1. The Labute approximate surface area is 120 Å². The van der Waals surface area contributed by atoms with Gasteiger partial charge in [0, 0.05) is 12.7 Å². The lowest BCUT2D eigenvalue weighted by Gasteiger charge is -2.37. The van der Waals surface area contributed by atoms with Crippen LogP contribution >= 0.6 is 0 Å². The molecule has 1 amide bonds. The highest BCUT2D eigenvalue weighted by molar-refractivity contribution is 5.97. The molecule has 0 unspecified atom stereocenters. The molecule has 2 aliphatic rings. The van der Waals surface area contributed by atoms with Crippen molar-refractivity contribution in [3.8, 4) is 0 Å². The molecule has 0 radical (unpaired) electrons. The van der Waals surface area contributed by atoms with Crippen molar-refractivity contribution < 1.29 is 9.53 Å². The number of ether oxygens (including phenoxy) is 1. The van der Waals surface area contributed by atoms with E-state index in [1.807, 2.05) is 18.7 Å². The van der Waals surface area contributed by atoms with E-state index in [4.69, 9.17) is 4.74 Å². The Morgan fingerprint density at radius 1 is 1.25 bits per heavy atom. The number of carbonyl (C=O) groups is 1. The number of hydrogen-bond acceptors (Lipinski definition) is 2. The Bertz CT molecular complexity index is 576. The van der Waals surface area contributed by atoms with Gasteiger partial charge in [-0.05, 0) is 49.8 Å². The van der Waals surface area contributed by atoms with Crippen LogP contribution in [0.3, 0.4) is 0 Å². The molecule has 0 N–H and O–H groups in total. The summed E-state index contributed by atoms with van der Waals surface area (Å²) >= 11 is 0. The molecule has 3 nitrogen and oxygen atoms in total. The standard InChI is InChI=1S/C17H21NO2/c1-11-12(2)17(20-3)18(16(11)19)15-10-6-8-13-7-4-5-9-14(13)15/h4-5,7,9,15,17H,6,8,10H2,1-3H3/t15-,17+/m1/s1. The summed E-state index contributed by atoms with van der Waals surface area (Å²) in [6, 6.07) is 8.62. The predicted octanol–water partition coefficient (Wildman–Crippen LogP) is 3.22. The zero-order valence-corrected chi connectivity index (χ0v) is 12.3. The second-order valence-corrected chi connectivity index (χ2v) is 5.72. The number of carbonyl (C=O) groups excluding carboxylic acids is 1. The summed E-state index contributed by atoms with van der Waals surface area (Å²) in [7, 11) is 1.68. The second-order valence-electron chi connectivity index (χ2n) is 5.72. The summed E-state index contributed by atoms with van der Waals surface area (Å²) in [6.45, 7) is 3.90. The monoisotopic (exact) mass is 271 g/mol. The van der Waals surface area contributed by atoms with Gasteiger partial charge in [0.25, 0.3) is 5.91 Å². The summed E-state index contributed by atoms with van der Waals surface area (Å²) < 4.78 is 5.59. The van der Waals surface area contributed by atoms with Crippen molar-refractivity contribution in [2.24, 2.45) is 0 Å². The van der Waals surface area contributed by atoms with E-state index in [-0.39, 0.29) is 18.2 Å². The van der Waals surface area contributed by atoms with Crippen LogP contribution in [0.4, 0.5) is 0 Å². The average molecular weight is 271 g/mol. The van der Waals surface area contributed by atoms with Crippen LogP contribution in [0.15, 0.2) is 35.4 Å². The van der Waals surface area contributed by atoms with E-state index in [1.54, 1.807) is 7.11 Å². The molecule has 0 saturated carbocycles.